The van der Waals surface area contributed by atoms with Crippen LogP contribution in [0, 0.1) is 5.82 Å². The number of sulfonamides is 1. The number of hydrogen-bond donors (Lipinski definition) is 2. The van der Waals surface area contributed by atoms with Crippen molar-refractivity contribution in [3.63, 3.8) is 0 Å². The fraction of sp³-hybridized carbons (Fsp3) is 0.208. The summed E-state index contributed by atoms with van der Waals surface area (Å²) in [4.78, 5) is 20.1. The Bertz CT molecular complexity index is 1480. The molecule has 3 rings (SSSR count). The number of rotatable bonds is 9. The summed E-state index contributed by atoms with van der Waals surface area (Å²) in [6.45, 7) is 6.22. The van der Waals surface area contributed by atoms with Crippen molar-refractivity contribution in [1.82, 2.24) is 15.0 Å². The summed E-state index contributed by atoms with van der Waals surface area (Å²) in [6.07, 6.45) is -0.734. The molecule has 1 aromatic carbocycles. The van der Waals surface area contributed by atoms with Gasteiger partial charge in [0.25, 0.3) is 10.0 Å². The number of amides is 1. The van der Waals surface area contributed by atoms with Gasteiger partial charge in [-0.1, -0.05) is 6.08 Å². The van der Waals surface area contributed by atoms with Crippen LogP contribution in [0.25, 0.3) is 16.5 Å². The van der Waals surface area contributed by atoms with E-state index in [9.17, 15) is 30.8 Å². The number of fused-ring (bicyclic) bond motifs is 1. The van der Waals surface area contributed by atoms with Gasteiger partial charge in [-0.25, -0.2) is 12.8 Å². The molecule has 0 aliphatic heterocycles. The van der Waals surface area contributed by atoms with E-state index in [0.29, 0.717) is 11.8 Å². The lowest BCUT2D eigenvalue weighted by molar-refractivity contribution is -0.137. The molecule has 13 heteroatoms. The van der Waals surface area contributed by atoms with E-state index in [0.717, 1.165) is 24.3 Å². The van der Waals surface area contributed by atoms with Crippen molar-refractivity contribution >= 4 is 39.2 Å². The molecule has 2 aromatic heterocycles. The molecule has 0 fully saturated rings. The first-order valence-electron chi connectivity index (χ1n) is 10.7. The SMILES string of the molecule is C=N/C(=C\C(=C/C)c1ccc(C(F)(F)F)cn1)CNC(=O)[C@H](C)NS(=O)(=O)c1cc2cc(F)ccc2o1. The number of aliphatic imine (C=N–C) groups is 1. The van der Waals surface area contributed by atoms with Crippen molar-refractivity contribution in [3.05, 3.63) is 77.5 Å². The van der Waals surface area contributed by atoms with Gasteiger partial charge in [0, 0.05) is 17.6 Å². The zero-order valence-corrected chi connectivity index (χ0v) is 20.5. The van der Waals surface area contributed by atoms with E-state index in [2.05, 4.69) is 26.7 Å². The van der Waals surface area contributed by atoms with E-state index in [1.807, 2.05) is 0 Å². The Kier molecular flexibility index (Phi) is 8.28. The van der Waals surface area contributed by atoms with Crippen molar-refractivity contribution in [1.29, 1.82) is 0 Å². The third kappa shape index (κ3) is 6.89. The number of allylic oxidation sites excluding steroid dienone is 3. The van der Waals surface area contributed by atoms with E-state index < -0.39 is 44.6 Å². The smallest absolute Gasteiger partial charge is 0.417 e. The summed E-state index contributed by atoms with van der Waals surface area (Å²) in [5.74, 6) is -1.26. The van der Waals surface area contributed by atoms with Gasteiger partial charge in [0.05, 0.1) is 29.5 Å². The molecule has 2 N–H and O–H groups in total. The number of hydrogen-bond acceptors (Lipinski definition) is 6. The monoisotopic (exact) mass is 538 g/mol. The van der Waals surface area contributed by atoms with Crippen LogP contribution in [0.1, 0.15) is 25.1 Å². The lowest BCUT2D eigenvalue weighted by Gasteiger charge is -2.14. The Hall–Kier alpha value is -3.84. The molecule has 0 saturated carbocycles. The number of nitrogens with one attached hydrogen (secondary N) is 2. The number of carbonyl (C=O) groups excluding carboxylic acids is 1. The lowest BCUT2D eigenvalue weighted by Crippen LogP contribution is -2.45. The molecule has 0 spiro atoms. The molecule has 196 valence electrons. The molecule has 0 aliphatic carbocycles. The number of halogens is 4. The van der Waals surface area contributed by atoms with Gasteiger partial charge in [0.1, 0.15) is 11.4 Å². The standard InChI is InChI=1S/C24H22F4N4O4S/c1-4-15(20-7-5-17(12-30-20)24(26,27)28)10-19(29-3)13-31-23(33)14(2)32-37(34,35)22-11-16-9-18(25)6-8-21(16)36-22/h4-12,14,32H,3,13H2,1-2H3,(H,31,33)/b15-4+,19-10-/t14-/m0/s1. The second-order valence-corrected chi connectivity index (χ2v) is 9.42. The van der Waals surface area contributed by atoms with Crippen LogP contribution >= 0.6 is 0 Å². The third-order valence-electron chi connectivity index (χ3n) is 5.11. The Morgan fingerprint density at radius 2 is 1.97 bits per heavy atom. The van der Waals surface area contributed by atoms with Gasteiger partial charge >= 0.3 is 6.18 Å². The number of furan rings is 1. The average Bonchev–Trinajstić information content (AvgIpc) is 3.27. The largest absolute Gasteiger partial charge is 0.443 e. The first-order valence-corrected chi connectivity index (χ1v) is 12.2. The number of benzene rings is 1. The van der Waals surface area contributed by atoms with Crippen LogP contribution in [0.4, 0.5) is 17.6 Å². The van der Waals surface area contributed by atoms with Gasteiger partial charge in [-0.3, -0.25) is 14.8 Å². The van der Waals surface area contributed by atoms with Crippen LogP contribution in [0.2, 0.25) is 0 Å². The average molecular weight is 539 g/mol. The molecular weight excluding hydrogens is 516 g/mol. The Balaban J connectivity index is 1.66. The van der Waals surface area contributed by atoms with Crippen LogP contribution < -0.4 is 10.0 Å². The lowest BCUT2D eigenvalue weighted by atomic mass is 10.1. The highest BCUT2D eigenvalue weighted by molar-refractivity contribution is 7.89. The highest BCUT2D eigenvalue weighted by Crippen LogP contribution is 2.29. The second kappa shape index (κ2) is 11.0. The van der Waals surface area contributed by atoms with E-state index in [1.54, 1.807) is 13.0 Å². The fourth-order valence-electron chi connectivity index (χ4n) is 3.17. The number of nitrogens with zero attached hydrogens (tertiary/aromatic N) is 2. The van der Waals surface area contributed by atoms with Crippen molar-refractivity contribution in [2.24, 2.45) is 4.99 Å². The van der Waals surface area contributed by atoms with Crippen LogP contribution in [0.15, 0.2) is 74.9 Å². The molecule has 8 nitrogen and oxygen atoms in total. The number of alkyl halides is 3. The van der Waals surface area contributed by atoms with Gasteiger partial charge in [-0.15, -0.1) is 0 Å². The van der Waals surface area contributed by atoms with Crippen molar-refractivity contribution in [2.45, 2.75) is 31.2 Å². The van der Waals surface area contributed by atoms with Crippen molar-refractivity contribution < 1.29 is 35.2 Å². The van der Waals surface area contributed by atoms with E-state index in [1.165, 1.54) is 25.1 Å². The first kappa shape index (κ1) is 27.7. The Morgan fingerprint density at radius 1 is 1.24 bits per heavy atom. The third-order valence-corrected chi connectivity index (χ3v) is 6.51. The summed E-state index contributed by atoms with van der Waals surface area (Å²) in [5.41, 5.74) is 0.192. The number of aromatic nitrogens is 1. The zero-order chi connectivity index (χ0) is 27.4. The maximum absolute atomic E-state index is 13.4. The molecule has 0 saturated heterocycles. The quantitative estimate of drug-likeness (QED) is 0.237. The summed E-state index contributed by atoms with van der Waals surface area (Å²) in [5, 5.41) is 2.27. The first-order chi connectivity index (χ1) is 17.3. The van der Waals surface area contributed by atoms with Crippen LogP contribution in [-0.4, -0.2) is 38.6 Å². The summed E-state index contributed by atoms with van der Waals surface area (Å²) in [7, 11) is -4.24. The van der Waals surface area contributed by atoms with Crippen LogP contribution in [0.5, 0.6) is 0 Å². The predicted octanol–water partition coefficient (Wildman–Crippen LogP) is 4.46. The zero-order valence-electron chi connectivity index (χ0n) is 19.6. The molecule has 0 bridgehead atoms. The summed E-state index contributed by atoms with van der Waals surface area (Å²) in [6, 6.07) is 5.54. The molecule has 37 heavy (non-hydrogen) atoms. The second-order valence-electron chi connectivity index (χ2n) is 7.78. The molecule has 2 heterocycles. The molecule has 1 amide bonds. The highest BCUT2D eigenvalue weighted by atomic mass is 32.2. The van der Waals surface area contributed by atoms with E-state index >= 15 is 0 Å². The molecule has 0 radical (unpaired) electrons. The van der Waals surface area contributed by atoms with Gasteiger partial charge in [0.15, 0.2) is 0 Å². The topological polar surface area (TPSA) is 114 Å². The predicted molar refractivity (Wildman–Crippen MR) is 129 cm³/mol. The summed E-state index contributed by atoms with van der Waals surface area (Å²) < 4.78 is 84.4. The van der Waals surface area contributed by atoms with E-state index in [-0.39, 0.29) is 28.9 Å². The van der Waals surface area contributed by atoms with Gasteiger partial charge < -0.3 is 9.73 Å². The molecule has 0 unspecified atom stereocenters. The van der Waals surface area contributed by atoms with Crippen LogP contribution in [0.3, 0.4) is 0 Å². The maximum Gasteiger partial charge on any atom is 0.417 e. The molecule has 3 aromatic rings. The number of pyridine rings is 1. The highest BCUT2D eigenvalue weighted by Gasteiger charge is 2.30. The fourth-order valence-corrected chi connectivity index (χ4v) is 4.34. The Morgan fingerprint density at radius 3 is 2.57 bits per heavy atom. The molecule has 0 aliphatic rings. The minimum atomic E-state index is -4.52. The molecular formula is C24H22F4N4O4S. The van der Waals surface area contributed by atoms with Crippen molar-refractivity contribution in [3.8, 4) is 0 Å². The van der Waals surface area contributed by atoms with E-state index in [4.69, 9.17) is 4.42 Å². The van der Waals surface area contributed by atoms with Gasteiger partial charge in [-0.05, 0) is 62.5 Å². The maximum atomic E-state index is 13.4. The number of carbonyl (C=O) groups is 1. The molecule has 1 atom stereocenters. The minimum absolute atomic E-state index is 0.156. The summed E-state index contributed by atoms with van der Waals surface area (Å²) >= 11 is 0. The Labute approximate surface area is 209 Å². The van der Waals surface area contributed by atoms with Crippen molar-refractivity contribution in [2.75, 3.05) is 6.54 Å². The minimum Gasteiger partial charge on any atom is -0.443 e. The van der Waals surface area contributed by atoms with Crippen LogP contribution in [-0.2, 0) is 21.0 Å². The normalized spacial score (nSPS) is 14.0. The van der Waals surface area contributed by atoms with Gasteiger partial charge in [-0.2, -0.15) is 17.9 Å². The van der Waals surface area contributed by atoms with Gasteiger partial charge in [0.2, 0.25) is 11.0 Å².